The molecular formula is C11H23N3O2. The molecule has 0 rings (SSSR count). The van der Waals surface area contributed by atoms with Gasteiger partial charge in [0.1, 0.15) is 0 Å². The lowest BCUT2D eigenvalue weighted by Crippen LogP contribution is -2.47. The zero-order valence-electron chi connectivity index (χ0n) is 10.5. The first-order valence-corrected chi connectivity index (χ1v) is 5.65. The van der Waals surface area contributed by atoms with Gasteiger partial charge in [0.05, 0.1) is 6.04 Å². The van der Waals surface area contributed by atoms with Crippen molar-refractivity contribution >= 4 is 11.8 Å². The minimum atomic E-state index is -0.366. The van der Waals surface area contributed by atoms with Gasteiger partial charge in [-0.3, -0.25) is 9.59 Å². The Hall–Kier alpha value is -1.10. The summed E-state index contributed by atoms with van der Waals surface area (Å²) >= 11 is 0. The molecule has 0 aromatic heterocycles. The van der Waals surface area contributed by atoms with E-state index in [-0.39, 0.29) is 30.3 Å². The van der Waals surface area contributed by atoms with Gasteiger partial charge in [0.15, 0.2) is 0 Å². The Labute approximate surface area is 97.2 Å². The van der Waals surface area contributed by atoms with Gasteiger partial charge in [-0.1, -0.05) is 13.8 Å². The quantitative estimate of drug-likeness (QED) is 0.574. The highest BCUT2D eigenvalue weighted by atomic mass is 16.2. The largest absolute Gasteiger partial charge is 0.370 e. The summed E-state index contributed by atoms with van der Waals surface area (Å²) in [5, 5.41) is 5.84. The summed E-state index contributed by atoms with van der Waals surface area (Å²) in [5.74, 6) is 0.0130. The average Bonchev–Trinajstić information content (AvgIpc) is 2.12. The third-order valence-electron chi connectivity index (χ3n) is 2.12. The molecular weight excluding hydrogens is 206 g/mol. The zero-order chi connectivity index (χ0) is 12.7. The standard InChI is InChI=1S/C11H23N3O2/c1-7(2)6-13-11(16)9(4)14-8(3)5-10(12)15/h7-9,14H,5-6H2,1-4H3,(H2,12,15)(H,13,16). The molecule has 0 aromatic carbocycles. The summed E-state index contributed by atoms with van der Waals surface area (Å²) in [6.07, 6.45) is 0.238. The molecule has 4 N–H and O–H groups in total. The van der Waals surface area contributed by atoms with E-state index in [0.717, 1.165) is 0 Å². The van der Waals surface area contributed by atoms with Gasteiger partial charge in [0, 0.05) is 19.0 Å². The molecule has 0 spiro atoms. The highest BCUT2D eigenvalue weighted by Gasteiger charge is 2.16. The van der Waals surface area contributed by atoms with Crippen LogP contribution in [0.4, 0.5) is 0 Å². The second-order valence-electron chi connectivity index (χ2n) is 4.60. The van der Waals surface area contributed by atoms with Crippen molar-refractivity contribution in [2.75, 3.05) is 6.54 Å². The lowest BCUT2D eigenvalue weighted by molar-refractivity contribution is -0.124. The summed E-state index contributed by atoms with van der Waals surface area (Å²) < 4.78 is 0. The number of hydrogen-bond donors (Lipinski definition) is 3. The molecule has 5 heteroatoms. The van der Waals surface area contributed by atoms with Crippen LogP contribution in [0, 0.1) is 5.92 Å². The summed E-state index contributed by atoms with van der Waals surface area (Å²) in [4.78, 5) is 22.2. The number of nitrogens with one attached hydrogen (secondary N) is 2. The molecule has 0 radical (unpaired) electrons. The normalized spacial score (nSPS) is 14.6. The number of carbonyl (C=O) groups is 2. The Morgan fingerprint density at radius 1 is 1.19 bits per heavy atom. The van der Waals surface area contributed by atoms with E-state index >= 15 is 0 Å². The van der Waals surface area contributed by atoms with Crippen molar-refractivity contribution in [1.29, 1.82) is 0 Å². The molecule has 94 valence electrons. The third kappa shape index (κ3) is 7.23. The third-order valence-corrected chi connectivity index (χ3v) is 2.12. The second kappa shape index (κ2) is 7.22. The van der Waals surface area contributed by atoms with Crippen molar-refractivity contribution in [3.63, 3.8) is 0 Å². The number of primary amides is 1. The molecule has 0 aliphatic rings. The van der Waals surface area contributed by atoms with Crippen LogP contribution in [-0.2, 0) is 9.59 Å². The van der Waals surface area contributed by atoms with Crippen LogP contribution in [0.2, 0.25) is 0 Å². The first-order chi connectivity index (χ1) is 7.32. The van der Waals surface area contributed by atoms with Crippen molar-refractivity contribution in [2.24, 2.45) is 11.7 Å². The molecule has 2 amide bonds. The number of nitrogens with two attached hydrogens (primary N) is 1. The van der Waals surface area contributed by atoms with Crippen molar-refractivity contribution in [2.45, 2.75) is 46.2 Å². The van der Waals surface area contributed by atoms with E-state index in [2.05, 4.69) is 10.6 Å². The summed E-state index contributed by atoms with van der Waals surface area (Å²) in [6.45, 7) is 8.33. The van der Waals surface area contributed by atoms with Crippen LogP contribution in [0.5, 0.6) is 0 Å². The number of amides is 2. The van der Waals surface area contributed by atoms with Crippen LogP contribution in [0.3, 0.4) is 0 Å². The van der Waals surface area contributed by atoms with E-state index in [4.69, 9.17) is 5.73 Å². The van der Waals surface area contributed by atoms with Crippen molar-refractivity contribution < 1.29 is 9.59 Å². The molecule has 2 atom stereocenters. The molecule has 5 nitrogen and oxygen atoms in total. The van der Waals surface area contributed by atoms with E-state index in [1.807, 2.05) is 20.8 Å². The minimum Gasteiger partial charge on any atom is -0.370 e. The van der Waals surface area contributed by atoms with E-state index in [9.17, 15) is 9.59 Å². The van der Waals surface area contributed by atoms with Gasteiger partial charge in [-0.25, -0.2) is 0 Å². The minimum absolute atomic E-state index is 0.0509. The van der Waals surface area contributed by atoms with Gasteiger partial charge in [-0.2, -0.15) is 0 Å². The summed E-state index contributed by atoms with van der Waals surface area (Å²) in [7, 11) is 0. The monoisotopic (exact) mass is 229 g/mol. The highest BCUT2D eigenvalue weighted by Crippen LogP contribution is 1.94. The fourth-order valence-electron chi connectivity index (χ4n) is 1.32. The fourth-order valence-corrected chi connectivity index (χ4v) is 1.32. The number of carbonyl (C=O) groups excluding carboxylic acids is 2. The van der Waals surface area contributed by atoms with E-state index < -0.39 is 0 Å². The van der Waals surface area contributed by atoms with Crippen LogP contribution in [-0.4, -0.2) is 30.4 Å². The van der Waals surface area contributed by atoms with Gasteiger partial charge in [-0.15, -0.1) is 0 Å². The predicted molar refractivity (Wildman–Crippen MR) is 63.7 cm³/mol. The lowest BCUT2D eigenvalue weighted by Gasteiger charge is -2.19. The Balaban J connectivity index is 3.90. The second-order valence-corrected chi connectivity index (χ2v) is 4.60. The summed E-state index contributed by atoms with van der Waals surface area (Å²) in [5.41, 5.74) is 5.06. The Bertz CT molecular complexity index is 241. The molecule has 0 fully saturated rings. The maximum atomic E-state index is 11.6. The molecule has 0 aromatic rings. The molecule has 0 aliphatic heterocycles. The molecule has 0 heterocycles. The topological polar surface area (TPSA) is 84.2 Å². The van der Waals surface area contributed by atoms with Crippen molar-refractivity contribution in [1.82, 2.24) is 10.6 Å². The highest BCUT2D eigenvalue weighted by molar-refractivity contribution is 5.81. The summed E-state index contributed by atoms with van der Waals surface area (Å²) in [6, 6.07) is -0.398. The fraction of sp³-hybridized carbons (Fsp3) is 0.818. The van der Waals surface area contributed by atoms with E-state index in [1.54, 1.807) is 6.92 Å². The van der Waals surface area contributed by atoms with Gasteiger partial charge in [-0.05, 0) is 19.8 Å². The van der Waals surface area contributed by atoms with Crippen LogP contribution in [0.15, 0.2) is 0 Å². The molecule has 16 heavy (non-hydrogen) atoms. The maximum Gasteiger partial charge on any atom is 0.236 e. The predicted octanol–water partition coefficient (Wildman–Crippen LogP) is 0.000600. The van der Waals surface area contributed by atoms with Crippen LogP contribution < -0.4 is 16.4 Å². The zero-order valence-corrected chi connectivity index (χ0v) is 10.5. The first kappa shape index (κ1) is 14.9. The van der Waals surface area contributed by atoms with Crippen molar-refractivity contribution in [3.05, 3.63) is 0 Å². The van der Waals surface area contributed by atoms with Gasteiger partial charge < -0.3 is 16.4 Å². The lowest BCUT2D eigenvalue weighted by atomic mass is 10.2. The first-order valence-electron chi connectivity index (χ1n) is 5.65. The van der Waals surface area contributed by atoms with E-state index in [0.29, 0.717) is 12.5 Å². The molecule has 0 bridgehead atoms. The Kier molecular flexibility index (Phi) is 6.72. The number of rotatable bonds is 7. The smallest absolute Gasteiger partial charge is 0.236 e. The van der Waals surface area contributed by atoms with Crippen LogP contribution in [0.1, 0.15) is 34.1 Å². The van der Waals surface area contributed by atoms with Crippen molar-refractivity contribution in [3.8, 4) is 0 Å². The van der Waals surface area contributed by atoms with Gasteiger partial charge in [0.25, 0.3) is 0 Å². The Morgan fingerprint density at radius 3 is 2.19 bits per heavy atom. The van der Waals surface area contributed by atoms with E-state index in [1.165, 1.54) is 0 Å². The average molecular weight is 229 g/mol. The van der Waals surface area contributed by atoms with Crippen LogP contribution >= 0.6 is 0 Å². The maximum absolute atomic E-state index is 11.6. The van der Waals surface area contributed by atoms with Gasteiger partial charge >= 0.3 is 0 Å². The SMILES string of the molecule is CC(C)CNC(=O)C(C)NC(C)CC(N)=O. The molecule has 2 unspecified atom stereocenters. The molecule has 0 saturated carbocycles. The molecule has 0 aliphatic carbocycles. The van der Waals surface area contributed by atoms with Gasteiger partial charge in [0.2, 0.25) is 11.8 Å². The number of hydrogen-bond acceptors (Lipinski definition) is 3. The van der Waals surface area contributed by atoms with Crippen LogP contribution in [0.25, 0.3) is 0 Å². The molecule has 0 saturated heterocycles. The Morgan fingerprint density at radius 2 is 1.75 bits per heavy atom.